The molecule has 0 saturated carbocycles. The highest BCUT2D eigenvalue weighted by molar-refractivity contribution is 9.10. The number of aromatic hydroxyl groups is 1. The molecule has 0 fully saturated rings. The van der Waals surface area contributed by atoms with Gasteiger partial charge in [0.2, 0.25) is 5.78 Å². The smallest absolute Gasteiger partial charge is 0.351 e. The van der Waals surface area contributed by atoms with Crippen molar-refractivity contribution in [1.82, 2.24) is 0 Å². The van der Waals surface area contributed by atoms with Crippen LogP contribution in [-0.4, -0.2) is 17.5 Å². The minimum absolute atomic E-state index is 0.223. The molecule has 0 aliphatic rings. The summed E-state index contributed by atoms with van der Waals surface area (Å²) in [4.78, 5) is 24.2. The van der Waals surface area contributed by atoms with E-state index in [0.717, 1.165) is 4.47 Å². The maximum Gasteiger partial charge on any atom is 0.351 e. The first-order valence-corrected chi connectivity index (χ1v) is 7.52. The van der Waals surface area contributed by atoms with Gasteiger partial charge in [0, 0.05) is 4.47 Å². The van der Waals surface area contributed by atoms with Gasteiger partial charge < -0.3 is 14.3 Å². The molecule has 1 N–H and O–H groups in total. The van der Waals surface area contributed by atoms with Crippen LogP contribution in [0, 0.1) is 0 Å². The van der Waals surface area contributed by atoms with E-state index in [1.807, 2.05) is 0 Å². The lowest BCUT2D eigenvalue weighted by Crippen LogP contribution is -2.20. The molecule has 3 rings (SSSR count). The maximum atomic E-state index is 12.2. The number of ketones is 1. The molecule has 3 aromatic rings. The van der Waals surface area contributed by atoms with Crippen LogP contribution in [0.4, 0.5) is 0 Å². The van der Waals surface area contributed by atoms with Gasteiger partial charge in [-0.2, -0.15) is 0 Å². The van der Waals surface area contributed by atoms with Crippen molar-refractivity contribution in [2.24, 2.45) is 0 Å². The zero-order valence-corrected chi connectivity index (χ0v) is 13.4. The third-order valence-electron chi connectivity index (χ3n) is 3.25. The molecule has 23 heavy (non-hydrogen) atoms. The van der Waals surface area contributed by atoms with E-state index in [2.05, 4.69) is 15.9 Å². The Kier molecular flexibility index (Phi) is 4.16. The molecule has 0 aliphatic heterocycles. The van der Waals surface area contributed by atoms with Crippen LogP contribution in [0.25, 0.3) is 11.0 Å². The lowest BCUT2D eigenvalue weighted by Gasteiger charge is -2.07. The van der Waals surface area contributed by atoms with E-state index in [1.54, 1.807) is 48.5 Å². The van der Waals surface area contributed by atoms with Crippen LogP contribution < -0.4 is 10.4 Å². The number of carbonyl (C=O) groups excluding carboxylic acids is 1. The number of halogens is 1. The van der Waals surface area contributed by atoms with Crippen molar-refractivity contribution < 1.29 is 19.1 Å². The predicted octanol–water partition coefficient (Wildman–Crippen LogP) is 3.52. The van der Waals surface area contributed by atoms with Crippen molar-refractivity contribution in [3.05, 3.63) is 69.0 Å². The van der Waals surface area contributed by atoms with Crippen LogP contribution in [0.5, 0.6) is 11.5 Å². The van der Waals surface area contributed by atoms with Crippen LogP contribution in [0.15, 0.2) is 62.2 Å². The molecule has 0 amide bonds. The molecule has 0 aliphatic carbocycles. The SMILES string of the molecule is O=C(COc1ccc(Br)cc1)c1c(O)c2ccccc2oc1=O. The summed E-state index contributed by atoms with van der Waals surface area (Å²) >= 11 is 3.29. The molecule has 0 unspecified atom stereocenters. The highest BCUT2D eigenvalue weighted by Gasteiger charge is 2.21. The van der Waals surface area contributed by atoms with E-state index < -0.39 is 17.0 Å². The quantitative estimate of drug-likeness (QED) is 0.558. The standard InChI is InChI=1S/C17H11BrO5/c18-10-5-7-11(8-6-10)22-9-13(19)15-16(20)12-3-1-2-4-14(12)23-17(15)21/h1-8,20H,9H2. The first-order chi connectivity index (χ1) is 11.1. The molecule has 0 spiro atoms. The summed E-state index contributed by atoms with van der Waals surface area (Å²) < 4.78 is 11.3. The summed E-state index contributed by atoms with van der Waals surface area (Å²) in [6.07, 6.45) is 0. The summed E-state index contributed by atoms with van der Waals surface area (Å²) in [5, 5.41) is 10.5. The number of carbonyl (C=O) groups is 1. The zero-order chi connectivity index (χ0) is 16.4. The van der Waals surface area contributed by atoms with Crippen molar-refractivity contribution in [3.8, 4) is 11.5 Å². The van der Waals surface area contributed by atoms with Crippen LogP contribution in [0.1, 0.15) is 10.4 Å². The molecule has 6 heteroatoms. The Labute approximate surface area is 139 Å². The van der Waals surface area contributed by atoms with Gasteiger partial charge in [0.15, 0.2) is 6.61 Å². The van der Waals surface area contributed by atoms with Gasteiger partial charge in [-0.15, -0.1) is 0 Å². The van der Waals surface area contributed by atoms with E-state index in [4.69, 9.17) is 9.15 Å². The van der Waals surface area contributed by atoms with Crippen molar-refractivity contribution in [3.63, 3.8) is 0 Å². The number of benzene rings is 2. The molecule has 0 radical (unpaired) electrons. The lowest BCUT2D eigenvalue weighted by molar-refractivity contribution is 0.0915. The van der Waals surface area contributed by atoms with Crippen LogP contribution in [0.3, 0.4) is 0 Å². The molecule has 5 nitrogen and oxygen atoms in total. The molecule has 0 bridgehead atoms. The Morgan fingerprint density at radius 1 is 1.13 bits per heavy atom. The van der Waals surface area contributed by atoms with E-state index in [-0.39, 0.29) is 17.9 Å². The average Bonchev–Trinajstić information content (AvgIpc) is 2.54. The number of ether oxygens (including phenoxy) is 1. The monoisotopic (exact) mass is 374 g/mol. The highest BCUT2D eigenvalue weighted by Crippen LogP contribution is 2.26. The average molecular weight is 375 g/mol. The summed E-state index contributed by atoms with van der Waals surface area (Å²) in [6, 6.07) is 13.4. The normalized spacial score (nSPS) is 10.7. The molecular weight excluding hydrogens is 364 g/mol. The third kappa shape index (κ3) is 3.12. The van der Waals surface area contributed by atoms with Crippen LogP contribution in [-0.2, 0) is 0 Å². The topological polar surface area (TPSA) is 76.7 Å². The number of fused-ring (bicyclic) bond motifs is 1. The molecule has 0 atom stereocenters. The summed E-state index contributed by atoms with van der Waals surface area (Å²) in [5.41, 5.74) is -1.06. The van der Waals surface area contributed by atoms with Crippen molar-refractivity contribution in [2.75, 3.05) is 6.61 Å². The molecular formula is C17H11BrO5. The number of para-hydroxylation sites is 1. The molecule has 0 saturated heterocycles. The van der Waals surface area contributed by atoms with Gasteiger partial charge in [-0.25, -0.2) is 4.79 Å². The number of hydrogen-bond acceptors (Lipinski definition) is 5. The van der Waals surface area contributed by atoms with Gasteiger partial charge in [0.05, 0.1) is 5.39 Å². The summed E-state index contributed by atoms with van der Waals surface area (Å²) in [5.74, 6) is -0.558. The number of hydrogen-bond donors (Lipinski definition) is 1. The molecule has 2 aromatic carbocycles. The Hall–Kier alpha value is -2.60. The predicted molar refractivity (Wildman–Crippen MR) is 88.1 cm³/mol. The fraction of sp³-hybridized carbons (Fsp3) is 0.0588. The number of rotatable bonds is 4. The van der Waals surface area contributed by atoms with Crippen molar-refractivity contribution in [1.29, 1.82) is 0 Å². The highest BCUT2D eigenvalue weighted by atomic mass is 79.9. The second-order valence-corrected chi connectivity index (χ2v) is 5.69. The Morgan fingerprint density at radius 3 is 2.57 bits per heavy atom. The van der Waals surface area contributed by atoms with Gasteiger partial charge in [0.25, 0.3) is 0 Å². The number of Topliss-reactive ketones (excluding diaryl/α,β-unsaturated/α-hetero) is 1. The van der Waals surface area contributed by atoms with Crippen LogP contribution >= 0.6 is 15.9 Å². The molecule has 1 heterocycles. The molecule has 1 aromatic heterocycles. The summed E-state index contributed by atoms with van der Waals surface area (Å²) in [6.45, 7) is -0.377. The van der Waals surface area contributed by atoms with Gasteiger partial charge >= 0.3 is 5.63 Å². The fourth-order valence-corrected chi connectivity index (χ4v) is 2.40. The second-order valence-electron chi connectivity index (χ2n) is 4.78. The minimum Gasteiger partial charge on any atom is -0.506 e. The lowest BCUT2D eigenvalue weighted by atomic mass is 10.1. The van der Waals surface area contributed by atoms with Crippen molar-refractivity contribution >= 4 is 32.7 Å². The Bertz CT molecular complexity index is 928. The van der Waals surface area contributed by atoms with E-state index in [1.165, 1.54) is 0 Å². The Morgan fingerprint density at radius 2 is 1.83 bits per heavy atom. The zero-order valence-electron chi connectivity index (χ0n) is 11.8. The molecule has 116 valence electrons. The first-order valence-electron chi connectivity index (χ1n) is 6.72. The second kappa shape index (κ2) is 6.26. The third-order valence-corrected chi connectivity index (χ3v) is 3.78. The van der Waals surface area contributed by atoms with Gasteiger partial charge in [-0.3, -0.25) is 4.79 Å². The summed E-state index contributed by atoms with van der Waals surface area (Å²) in [7, 11) is 0. The largest absolute Gasteiger partial charge is 0.506 e. The van der Waals surface area contributed by atoms with Crippen LogP contribution in [0.2, 0.25) is 0 Å². The minimum atomic E-state index is -0.884. The Balaban J connectivity index is 1.89. The first kappa shape index (κ1) is 15.3. The van der Waals surface area contributed by atoms with Crippen molar-refractivity contribution in [2.45, 2.75) is 0 Å². The fourth-order valence-electron chi connectivity index (χ4n) is 2.13. The van der Waals surface area contributed by atoms with Gasteiger partial charge in [-0.1, -0.05) is 28.1 Å². The van der Waals surface area contributed by atoms with E-state index in [9.17, 15) is 14.7 Å². The van der Waals surface area contributed by atoms with E-state index in [0.29, 0.717) is 11.1 Å². The maximum absolute atomic E-state index is 12.2. The van der Waals surface area contributed by atoms with E-state index >= 15 is 0 Å². The van der Waals surface area contributed by atoms with Gasteiger partial charge in [0.1, 0.15) is 22.6 Å². The van der Waals surface area contributed by atoms with Gasteiger partial charge in [-0.05, 0) is 36.4 Å².